The molecule has 1 amide bonds. The van der Waals surface area contributed by atoms with Crippen LogP contribution in [0.5, 0.6) is 5.75 Å². The Kier molecular flexibility index (Phi) is 4.68. The van der Waals surface area contributed by atoms with Crippen molar-refractivity contribution in [1.82, 2.24) is 20.0 Å². The van der Waals surface area contributed by atoms with E-state index in [2.05, 4.69) is 27.5 Å². The number of anilines is 1. The Hall–Kier alpha value is -3.42. The van der Waals surface area contributed by atoms with Crippen LogP contribution in [0.2, 0.25) is 0 Å². The number of hydrogen-bond donors (Lipinski definition) is 2. The highest BCUT2D eigenvalue weighted by Crippen LogP contribution is 2.40. The van der Waals surface area contributed by atoms with Gasteiger partial charge in [0.05, 0.1) is 12.3 Å². The summed E-state index contributed by atoms with van der Waals surface area (Å²) in [7, 11) is 0. The number of benzene rings is 1. The van der Waals surface area contributed by atoms with E-state index >= 15 is 0 Å². The number of nitrogens with zero attached hydrogens (tertiary/aromatic N) is 3. The van der Waals surface area contributed by atoms with Crippen LogP contribution in [-0.4, -0.2) is 32.5 Å². The maximum absolute atomic E-state index is 12.4. The Morgan fingerprint density at radius 2 is 1.96 bits per heavy atom. The fourth-order valence-electron chi connectivity index (χ4n) is 3.47. The normalized spacial score (nSPS) is 15.8. The molecular formula is C20H21N5O3. The Morgan fingerprint density at radius 1 is 1.18 bits per heavy atom. The molecule has 0 aliphatic carbocycles. The van der Waals surface area contributed by atoms with E-state index in [1.165, 1.54) is 6.07 Å². The van der Waals surface area contributed by atoms with Crippen LogP contribution in [0.3, 0.4) is 0 Å². The molecular weight excluding hydrogens is 358 g/mol. The first-order chi connectivity index (χ1) is 13.6. The summed E-state index contributed by atoms with van der Waals surface area (Å²) in [5.74, 6) is 1.64. The van der Waals surface area contributed by atoms with Gasteiger partial charge in [0, 0.05) is 24.0 Å². The third-order valence-corrected chi connectivity index (χ3v) is 4.74. The van der Waals surface area contributed by atoms with Crippen LogP contribution in [0, 0.1) is 6.92 Å². The summed E-state index contributed by atoms with van der Waals surface area (Å²) >= 11 is 0. The fraction of sp³-hybridized carbons (Fsp3) is 0.300. The van der Waals surface area contributed by atoms with Gasteiger partial charge in [-0.1, -0.05) is 19.1 Å². The van der Waals surface area contributed by atoms with Gasteiger partial charge < -0.3 is 10.1 Å². The van der Waals surface area contributed by atoms with E-state index in [4.69, 9.17) is 4.74 Å². The number of rotatable bonds is 5. The zero-order valence-corrected chi connectivity index (χ0v) is 15.7. The maximum Gasteiger partial charge on any atom is 0.264 e. The molecule has 3 aromatic rings. The SMILES string of the molecule is CCCOc1ccc([C@H]2CC(=O)Nc3c2c(C)nn3-c2ccc(=O)[nH]n2)cc1. The Morgan fingerprint density at radius 3 is 2.64 bits per heavy atom. The van der Waals surface area contributed by atoms with Crippen molar-refractivity contribution in [3.05, 3.63) is 63.6 Å². The topological polar surface area (TPSA) is 102 Å². The average Bonchev–Trinajstić information content (AvgIpc) is 3.03. The number of aryl methyl sites for hydroxylation is 1. The van der Waals surface area contributed by atoms with Crippen molar-refractivity contribution < 1.29 is 9.53 Å². The minimum absolute atomic E-state index is 0.0885. The minimum Gasteiger partial charge on any atom is -0.494 e. The van der Waals surface area contributed by atoms with Crippen molar-refractivity contribution in [2.75, 3.05) is 11.9 Å². The van der Waals surface area contributed by atoms with Crippen LogP contribution >= 0.6 is 0 Å². The summed E-state index contributed by atoms with van der Waals surface area (Å²) in [6.45, 7) is 4.64. The standard InChI is InChI=1S/C20H21N5O3/c1-3-10-28-14-6-4-13(5-7-14)15-11-18(27)21-20-19(15)12(2)24-25(20)16-8-9-17(26)23-22-16/h4-9,15H,3,10-11H2,1-2H3,(H,21,27)(H,23,26)/t15-/m1/s1. The van der Waals surface area contributed by atoms with E-state index < -0.39 is 0 Å². The van der Waals surface area contributed by atoms with Crippen molar-refractivity contribution >= 4 is 11.7 Å². The van der Waals surface area contributed by atoms with Gasteiger partial charge in [-0.3, -0.25) is 9.59 Å². The molecule has 28 heavy (non-hydrogen) atoms. The van der Waals surface area contributed by atoms with Crippen molar-refractivity contribution in [2.45, 2.75) is 32.6 Å². The van der Waals surface area contributed by atoms with E-state index in [0.717, 1.165) is 29.0 Å². The second-order valence-corrected chi connectivity index (χ2v) is 6.76. The predicted molar refractivity (Wildman–Crippen MR) is 104 cm³/mol. The van der Waals surface area contributed by atoms with Gasteiger partial charge in [0.15, 0.2) is 5.82 Å². The van der Waals surface area contributed by atoms with E-state index in [9.17, 15) is 9.59 Å². The van der Waals surface area contributed by atoms with Gasteiger partial charge in [0.1, 0.15) is 11.6 Å². The quantitative estimate of drug-likeness (QED) is 0.709. The third kappa shape index (κ3) is 3.28. The van der Waals surface area contributed by atoms with Gasteiger partial charge in [-0.25, -0.2) is 5.10 Å². The van der Waals surface area contributed by atoms with Gasteiger partial charge in [-0.2, -0.15) is 14.9 Å². The number of nitrogens with one attached hydrogen (secondary N) is 2. The van der Waals surface area contributed by atoms with Gasteiger partial charge in [0.25, 0.3) is 5.56 Å². The molecule has 0 saturated heterocycles. The average molecular weight is 379 g/mol. The number of hydrogen-bond acceptors (Lipinski definition) is 5. The Bertz CT molecular complexity index is 1050. The predicted octanol–water partition coefficient (Wildman–Crippen LogP) is 2.53. The number of amides is 1. The van der Waals surface area contributed by atoms with Crippen molar-refractivity contribution in [2.24, 2.45) is 0 Å². The summed E-state index contributed by atoms with van der Waals surface area (Å²) in [5, 5.41) is 13.9. The highest BCUT2D eigenvalue weighted by atomic mass is 16.5. The van der Waals surface area contributed by atoms with Crippen LogP contribution in [-0.2, 0) is 4.79 Å². The monoisotopic (exact) mass is 379 g/mol. The Balaban J connectivity index is 1.74. The molecule has 8 heteroatoms. The molecule has 0 fully saturated rings. The van der Waals surface area contributed by atoms with E-state index in [0.29, 0.717) is 24.7 Å². The number of aromatic nitrogens is 4. The lowest BCUT2D eigenvalue weighted by molar-refractivity contribution is -0.116. The lowest BCUT2D eigenvalue weighted by atomic mass is 9.86. The highest BCUT2D eigenvalue weighted by molar-refractivity contribution is 5.95. The highest BCUT2D eigenvalue weighted by Gasteiger charge is 2.32. The van der Waals surface area contributed by atoms with Crippen LogP contribution in [0.4, 0.5) is 5.82 Å². The molecule has 0 saturated carbocycles. The summed E-state index contributed by atoms with van der Waals surface area (Å²) in [5.41, 5.74) is 2.49. The minimum atomic E-state index is -0.297. The van der Waals surface area contributed by atoms with Gasteiger partial charge in [0.2, 0.25) is 5.91 Å². The summed E-state index contributed by atoms with van der Waals surface area (Å²) in [6.07, 6.45) is 1.29. The lowest BCUT2D eigenvalue weighted by Crippen LogP contribution is -2.25. The largest absolute Gasteiger partial charge is 0.494 e. The van der Waals surface area contributed by atoms with Gasteiger partial charge in [-0.05, 0) is 37.1 Å². The smallest absolute Gasteiger partial charge is 0.264 e. The molecule has 2 aromatic heterocycles. The molecule has 3 heterocycles. The second-order valence-electron chi connectivity index (χ2n) is 6.76. The molecule has 1 aliphatic heterocycles. The molecule has 4 rings (SSSR count). The first-order valence-corrected chi connectivity index (χ1v) is 9.25. The second kappa shape index (κ2) is 7.30. The van der Waals surface area contributed by atoms with Crippen molar-refractivity contribution in [1.29, 1.82) is 0 Å². The molecule has 1 atom stereocenters. The van der Waals surface area contributed by atoms with E-state index in [-0.39, 0.29) is 17.4 Å². The number of H-pyrrole nitrogens is 1. The number of carbonyl (C=O) groups is 1. The van der Waals surface area contributed by atoms with Crippen LogP contribution < -0.4 is 15.6 Å². The molecule has 0 radical (unpaired) electrons. The van der Waals surface area contributed by atoms with Crippen molar-refractivity contribution in [3.63, 3.8) is 0 Å². The van der Waals surface area contributed by atoms with Crippen LogP contribution in [0.25, 0.3) is 5.82 Å². The first-order valence-electron chi connectivity index (χ1n) is 9.25. The number of ether oxygens (including phenoxy) is 1. The summed E-state index contributed by atoms with van der Waals surface area (Å²) in [4.78, 5) is 23.7. The van der Waals surface area contributed by atoms with E-state index in [1.54, 1.807) is 10.7 Å². The zero-order chi connectivity index (χ0) is 19.7. The molecule has 2 N–H and O–H groups in total. The summed E-state index contributed by atoms with van der Waals surface area (Å²) < 4.78 is 7.21. The molecule has 8 nitrogen and oxygen atoms in total. The molecule has 1 aliphatic rings. The number of carbonyl (C=O) groups excluding carboxylic acids is 1. The molecule has 0 bridgehead atoms. The van der Waals surface area contributed by atoms with Crippen LogP contribution in [0.1, 0.15) is 42.5 Å². The molecule has 0 unspecified atom stereocenters. The van der Waals surface area contributed by atoms with E-state index in [1.807, 2.05) is 31.2 Å². The first kappa shape index (κ1) is 18.0. The number of fused-ring (bicyclic) bond motifs is 1. The molecule has 0 spiro atoms. The zero-order valence-electron chi connectivity index (χ0n) is 15.7. The summed E-state index contributed by atoms with van der Waals surface area (Å²) in [6, 6.07) is 10.8. The third-order valence-electron chi connectivity index (χ3n) is 4.74. The Labute approximate surface area is 161 Å². The maximum atomic E-state index is 12.4. The lowest BCUT2D eigenvalue weighted by Gasteiger charge is -2.24. The van der Waals surface area contributed by atoms with Crippen LogP contribution in [0.15, 0.2) is 41.2 Å². The van der Waals surface area contributed by atoms with Gasteiger partial charge >= 0.3 is 0 Å². The number of aromatic amines is 1. The van der Waals surface area contributed by atoms with Crippen molar-refractivity contribution in [3.8, 4) is 11.6 Å². The molecule has 144 valence electrons. The van der Waals surface area contributed by atoms with Gasteiger partial charge in [-0.15, -0.1) is 0 Å². The molecule has 1 aromatic carbocycles. The fourth-order valence-corrected chi connectivity index (χ4v) is 3.47.